The maximum absolute atomic E-state index is 14.0. The number of pyridine rings is 2. The van der Waals surface area contributed by atoms with E-state index in [1.807, 2.05) is 55.7 Å². The molecule has 3 N–H and O–H groups in total. The zero-order chi connectivity index (χ0) is 24.6. The lowest BCUT2D eigenvalue weighted by molar-refractivity contribution is 0.627. The van der Waals surface area contributed by atoms with Crippen LogP contribution in [0.25, 0.3) is 16.8 Å². The zero-order valence-corrected chi connectivity index (χ0v) is 19.7. The molecule has 0 radical (unpaired) electrons. The molecule has 4 aromatic rings. The number of benzene rings is 1. The molecular weight excluding hydrogens is 455 g/mol. The standard InChI is InChI=1S/C27H23FN8/c1-36(2)20-10-17(12-29-15-20)23-11-22-18(13-31-23)14-32-35-25(22)27-33-24-21(7-4-8-30-26(24)34-27)16-5-3-6-19(28)9-16/h3-13,15,30,32H,14H2,1-2H3,(H,33,34). The first-order valence-corrected chi connectivity index (χ1v) is 11.5. The van der Waals surface area contributed by atoms with Crippen LogP contribution in [0.1, 0.15) is 28.2 Å². The molecule has 0 spiro atoms. The Kier molecular flexibility index (Phi) is 5.29. The summed E-state index contributed by atoms with van der Waals surface area (Å²) in [5.41, 5.74) is 10.8. The topological polar surface area (TPSA) is 94.1 Å². The molecule has 1 aromatic carbocycles. The molecule has 0 fully saturated rings. The zero-order valence-electron chi connectivity index (χ0n) is 19.7. The van der Waals surface area contributed by atoms with Crippen molar-refractivity contribution in [2.75, 3.05) is 24.3 Å². The van der Waals surface area contributed by atoms with Gasteiger partial charge in [-0.2, -0.15) is 5.10 Å². The van der Waals surface area contributed by atoms with E-state index >= 15 is 0 Å². The van der Waals surface area contributed by atoms with Crippen LogP contribution in [0.15, 0.2) is 78.4 Å². The Balaban J connectivity index is 1.42. The second-order valence-electron chi connectivity index (χ2n) is 8.75. The van der Waals surface area contributed by atoms with Crippen LogP contribution in [0.4, 0.5) is 15.9 Å². The van der Waals surface area contributed by atoms with Crippen molar-refractivity contribution in [2.45, 2.75) is 6.54 Å². The Labute approximate surface area is 207 Å². The second kappa shape index (κ2) is 8.77. The maximum atomic E-state index is 14.0. The van der Waals surface area contributed by atoms with E-state index in [0.717, 1.165) is 44.9 Å². The molecule has 5 heterocycles. The SMILES string of the molecule is CN(C)c1cncc(-c2cc3c(cn2)CNN=C3c2nc3c([nH]2)C(c2cccc(F)c2)=CC=CN3)c1. The molecular formula is C27H23FN8. The summed E-state index contributed by atoms with van der Waals surface area (Å²) in [7, 11) is 3.96. The average Bonchev–Trinajstić information content (AvgIpc) is 3.21. The molecule has 6 rings (SSSR count). The number of aromatic nitrogens is 4. The molecule has 178 valence electrons. The fourth-order valence-electron chi connectivity index (χ4n) is 4.30. The highest BCUT2D eigenvalue weighted by Gasteiger charge is 2.24. The first kappa shape index (κ1) is 21.7. The van der Waals surface area contributed by atoms with Gasteiger partial charge in [0.1, 0.15) is 11.5 Å². The molecule has 3 aromatic heterocycles. The van der Waals surface area contributed by atoms with Crippen LogP contribution in [-0.2, 0) is 6.54 Å². The van der Waals surface area contributed by atoms with E-state index in [1.165, 1.54) is 12.1 Å². The van der Waals surface area contributed by atoms with Gasteiger partial charge in [0.2, 0.25) is 0 Å². The van der Waals surface area contributed by atoms with Crippen LogP contribution in [0.5, 0.6) is 0 Å². The third-order valence-electron chi connectivity index (χ3n) is 6.15. The van der Waals surface area contributed by atoms with Crippen molar-refractivity contribution in [1.29, 1.82) is 0 Å². The number of rotatable bonds is 4. The summed E-state index contributed by atoms with van der Waals surface area (Å²) in [5.74, 6) is 0.940. The van der Waals surface area contributed by atoms with Crippen molar-refractivity contribution in [3.05, 3.63) is 107 Å². The summed E-state index contributed by atoms with van der Waals surface area (Å²) in [6.07, 6.45) is 11.1. The summed E-state index contributed by atoms with van der Waals surface area (Å²) < 4.78 is 14.0. The lowest BCUT2D eigenvalue weighted by Crippen LogP contribution is -2.22. The lowest BCUT2D eigenvalue weighted by Gasteiger charge is -2.18. The Morgan fingerprint density at radius 1 is 1.03 bits per heavy atom. The number of nitrogens with zero attached hydrogens (tertiary/aromatic N) is 5. The fraction of sp³-hybridized carbons (Fsp3) is 0.111. The van der Waals surface area contributed by atoms with Gasteiger partial charge in [0.25, 0.3) is 0 Å². The Bertz CT molecular complexity index is 1560. The van der Waals surface area contributed by atoms with Gasteiger partial charge in [0.15, 0.2) is 11.6 Å². The summed E-state index contributed by atoms with van der Waals surface area (Å²) in [4.78, 5) is 19.3. The number of imidazole rings is 1. The van der Waals surface area contributed by atoms with E-state index in [9.17, 15) is 4.39 Å². The molecule has 36 heavy (non-hydrogen) atoms. The minimum absolute atomic E-state index is 0.293. The second-order valence-corrected chi connectivity index (χ2v) is 8.75. The number of nitrogens with one attached hydrogen (secondary N) is 3. The van der Waals surface area contributed by atoms with Gasteiger partial charge in [0.05, 0.1) is 29.8 Å². The van der Waals surface area contributed by atoms with Crippen molar-refractivity contribution >= 4 is 22.8 Å². The number of anilines is 2. The third-order valence-corrected chi connectivity index (χ3v) is 6.15. The van der Waals surface area contributed by atoms with Gasteiger partial charge in [-0.1, -0.05) is 18.2 Å². The van der Waals surface area contributed by atoms with Crippen LogP contribution in [0.2, 0.25) is 0 Å². The molecule has 0 amide bonds. The largest absolute Gasteiger partial charge is 0.376 e. The van der Waals surface area contributed by atoms with Gasteiger partial charge in [-0.15, -0.1) is 0 Å². The molecule has 0 unspecified atom stereocenters. The molecule has 0 atom stereocenters. The summed E-state index contributed by atoms with van der Waals surface area (Å²) in [5, 5.41) is 7.80. The van der Waals surface area contributed by atoms with Crippen LogP contribution < -0.4 is 15.6 Å². The number of hydrazone groups is 1. The van der Waals surface area contributed by atoms with E-state index in [1.54, 1.807) is 18.5 Å². The molecule has 8 nitrogen and oxygen atoms in total. The molecule has 2 aliphatic rings. The first-order valence-electron chi connectivity index (χ1n) is 11.5. The Morgan fingerprint density at radius 2 is 1.94 bits per heavy atom. The van der Waals surface area contributed by atoms with Crippen molar-refractivity contribution in [3.63, 3.8) is 0 Å². The molecule has 0 bridgehead atoms. The maximum Gasteiger partial charge on any atom is 0.161 e. The van der Waals surface area contributed by atoms with Crippen molar-refractivity contribution in [1.82, 2.24) is 25.4 Å². The van der Waals surface area contributed by atoms with Crippen LogP contribution >= 0.6 is 0 Å². The first-order chi connectivity index (χ1) is 17.6. The van der Waals surface area contributed by atoms with E-state index in [-0.39, 0.29) is 5.82 Å². The van der Waals surface area contributed by atoms with Crippen molar-refractivity contribution in [3.8, 4) is 11.3 Å². The highest BCUT2D eigenvalue weighted by molar-refractivity contribution is 6.13. The van der Waals surface area contributed by atoms with Crippen molar-refractivity contribution in [2.24, 2.45) is 5.10 Å². The van der Waals surface area contributed by atoms with Crippen molar-refractivity contribution < 1.29 is 4.39 Å². The lowest BCUT2D eigenvalue weighted by atomic mass is 10.0. The van der Waals surface area contributed by atoms with Crippen LogP contribution in [-0.4, -0.2) is 39.7 Å². The van der Waals surface area contributed by atoms with E-state index in [0.29, 0.717) is 23.9 Å². The smallest absolute Gasteiger partial charge is 0.161 e. The number of H-pyrrole nitrogens is 1. The quantitative estimate of drug-likeness (QED) is 0.405. The normalized spacial score (nSPS) is 14.0. The van der Waals surface area contributed by atoms with Gasteiger partial charge in [0, 0.05) is 55.0 Å². The Morgan fingerprint density at radius 3 is 2.81 bits per heavy atom. The van der Waals surface area contributed by atoms with Crippen LogP contribution in [0, 0.1) is 5.82 Å². The summed E-state index contributed by atoms with van der Waals surface area (Å²) in [6.45, 7) is 0.567. The van der Waals surface area contributed by atoms with Gasteiger partial charge < -0.3 is 20.6 Å². The number of hydrogen-bond donors (Lipinski definition) is 3. The minimum atomic E-state index is -0.293. The minimum Gasteiger partial charge on any atom is -0.376 e. The van der Waals surface area contributed by atoms with E-state index < -0.39 is 0 Å². The number of aromatic amines is 1. The molecule has 0 saturated heterocycles. The molecule has 0 aliphatic carbocycles. The van der Waals surface area contributed by atoms with Gasteiger partial charge in [-0.3, -0.25) is 9.97 Å². The number of hydrogen-bond acceptors (Lipinski definition) is 7. The predicted octanol–water partition coefficient (Wildman–Crippen LogP) is 4.30. The van der Waals surface area contributed by atoms with E-state index in [2.05, 4.69) is 36.9 Å². The predicted molar refractivity (Wildman–Crippen MR) is 139 cm³/mol. The third kappa shape index (κ3) is 3.90. The highest BCUT2D eigenvalue weighted by atomic mass is 19.1. The molecule has 0 saturated carbocycles. The molecule has 2 aliphatic heterocycles. The summed E-state index contributed by atoms with van der Waals surface area (Å²) >= 11 is 0. The van der Waals surface area contributed by atoms with Gasteiger partial charge in [-0.25, -0.2) is 9.37 Å². The fourth-order valence-corrected chi connectivity index (χ4v) is 4.30. The van der Waals surface area contributed by atoms with Gasteiger partial charge in [-0.05, 0) is 35.9 Å². The average molecular weight is 479 g/mol. The monoisotopic (exact) mass is 478 g/mol. The highest BCUT2D eigenvalue weighted by Crippen LogP contribution is 2.32. The van der Waals surface area contributed by atoms with Crippen LogP contribution in [0.3, 0.4) is 0 Å². The molecule has 9 heteroatoms. The Hall–Kier alpha value is -4.79. The number of allylic oxidation sites excluding steroid dienone is 2. The number of fused-ring (bicyclic) bond motifs is 2. The van der Waals surface area contributed by atoms with E-state index in [4.69, 9.17) is 4.98 Å². The van der Waals surface area contributed by atoms with Gasteiger partial charge >= 0.3 is 0 Å². The summed E-state index contributed by atoms with van der Waals surface area (Å²) in [6, 6.07) is 10.6. The number of halogens is 1.